The molecule has 0 aromatic heterocycles. The van der Waals surface area contributed by atoms with Gasteiger partial charge in [0, 0.05) is 28.5 Å². The van der Waals surface area contributed by atoms with E-state index in [9.17, 15) is 0 Å². The van der Waals surface area contributed by atoms with Gasteiger partial charge in [-0.3, -0.25) is 0 Å². The summed E-state index contributed by atoms with van der Waals surface area (Å²) in [5, 5.41) is 0. The molecule has 6 aliphatic carbocycles. The van der Waals surface area contributed by atoms with Crippen molar-refractivity contribution in [3.8, 4) is 50.3 Å². The number of hydrogen-bond donors (Lipinski definition) is 0. The number of halogens is 1. The number of rotatable bonds is 9. The Kier molecular flexibility index (Phi) is 19.9. The summed E-state index contributed by atoms with van der Waals surface area (Å²) < 4.78 is 5.99. The summed E-state index contributed by atoms with van der Waals surface area (Å²) in [7, 11) is -0.0201. The van der Waals surface area contributed by atoms with Crippen LogP contribution in [-0.2, 0) is 59.2 Å². The molecule has 0 aliphatic heterocycles. The molecule has 0 amide bonds. The third kappa shape index (κ3) is 14.4. The van der Waals surface area contributed by atoms with Gasteiger partial charge in [-0.1, -0.05) is 293 Å². The third-order valence-electron chi connectivity index (χ3n) is 23.6. The predicted octanol–water partition coefficient (Wildman–Crippen LogP) is 28.2. The first-order valence-electron chi connectivity index (χ1n) is 38.4. The molecule has 0 saturated heterocycles. The molecule has 3 unspecified atom stereocenters. The summed E-state index contributed by atoms with van der Waals surface area (Å²) in [6, 6.07) is 47.4. The fraction of sp³-hybridized carbons (Fsp3) is 0.429. The molecule has 0 saturated carbocycles. The highest BCUT2D eigenvalue weighted by molar-refractivity contribution is 7.20. The molecule has 3 atom stereocenters. The fourth-order valence-electron chi connectivity index (χ4n) is 18.1. The van der Waals surface area contributed by atoms with E-state index >= 15 is 0 Å². The second kappa shape index (κ2) is 27.3. The van der Waals surface area contributed by atoms with Crippen LogP contribution in [0, 0.1) is 6.92 Å². The number of ether oxygens (including phenoxy) is 1. The summed E-state index contributed by atoms with van der Waals surface area (Å²) >= 11 is 6.98. The second-order valence-electron chi connectivity index (χ2n) is 37.2. The van der Waals surface area contributed by atoms with Crippen LogP contribution in [0.1, 0.15) is 294 Å². The van der Waals surface area contributed by atoms with Gasteiger partial charge in [0.05, 0.1) is 7.11 Å². The number of benzene rings is 8. The Morgan fingerprint density at radius 1 is 0.436 bits per heavy atom. The third-order valence-corrected chi connectivity index (χ3v) is 26.4. The van der Waals surface area contributed by atoms with Crippen molar-refractivity contribution < 1.29 is 4.74 Å². The highest BCUT2D eigenvalue weighted by atomic mass is 35.6. The summed E-state index contributed by atoms with van der Waals surface area (Å²) in [5.74, 6) is 2.37. The van der Waals surface area contributed by atoms with Gasteiger partial charge in [0.25, 0.3) is 0 Å². The Morgan fingerprint density at radius 3 is 1.21 bits per heavy atom. The number of fused-ring (bicyclic) bond motifs is 6. The lowest BCUT2D eigenvalue weighted by Crippen LogP contribution is -2.28. The molecule has 101 heavy (non-hydrogen) atoms. The van der Waals surface area contributed by atoms with Crippen molar-refractivity contribution in [3.05, 3.63) is 249 Å². The number of allylic oxidation sites excluding steroid dienone is 4. The van der Waals surface area contributed by atoms with E-state index in [4.69, 9.17) is 15.8 Å². The van der Waals surface area contributed by atoms with Gasteiger partial charge in [-0.05, 0) is 264 Å². The lowest BCUT2D eigenvalue weighted by Gasteiger charge is -2.27. The van der Waals surface area contributed by atoms with Crippen molar-refractivity contribution in [2.75, 3.05) is 7.11 Å². The van der Waals surface area contributed by atoms with Crippen LogP contribution >= 0.6 is 11.1 Å². The van der Waals surface area contributed by atoms with Crippen molar-refractivity contribution in [1.29, 1.82) is 0 Å². The molecule has 1 nitrogen and oxygen atoms in total. The number of hydrogen-bond acceptors (Lipinski definition) is 1. The average Bonchev–Trinajstić information content (AvgIpc) is 1.62. The van der Waals surface area contributed by atoms with Gasteiger partial charge in [0.15, 0.2) is 7.38 Å². The Bertz CT molecular complexity index is 4640. The summed E-state index contributed by atoms with van der Waals surface area (Å²) in [4.78, 5) is 0. The van der Waals surface area contributed by atoms with Gasteiger partial charge in [0.2, 0.25) is 0 Å². The van der Waals surface area contributed by atoms with Crippen LogP contribution in [0.2, 0.25) is 13.1 Å². The van der Waals surface area contributed by atoms with Gasteiger partial charge in [-0.25, -0.2) is 0 Å². The SMILES string of the molecule is CC1=Cc2c(cc(C(C)C)c(C)c2-c2ccc(C(C)(C)C)cc2)C1CC1C(C)=Cc2c1cc1c(c2-c2ccc(C(C)(C)C)cc2)CCC1.CC1=Cc2c(cc3c(c2-c2ccc(C(C)(C)C)cc2)CCC3)C1[Si](C)(C)Cl.COc1c(C(C)(C)C)cc2c(c1-c1ccc(C(C)(C)C)cc1)CC(C)=C2. The topological polar surface area (TPSA) is 9.23 Å². The molecule has 8 aromatic rings. The first-order valence-corrected chi connectivity index (χ1v) is 42.4. The molecular weight excluding hydrogens is 1260 g/mol. The maximum Gasteiger partial charge on any atom is 0.161 e. The molecule has 14 rings (SSSR count). The van der Waals surface area contributed by atoms with Gasteiger partial charge in [0.1, 0.15) is 5.75 Å². The zero-order chi connectivity index (χ0) is 73.1. The molecular formula is C98H119ClOSi. The van der Waals surface area contributed by atoms with Crippen molar-refractivity contribution in [2.45, 2.75) is 267 Å². The molecule has 6 aliphatic rings. The van der Waals surface area contributed by atoms with E-state index in [0.29, 0.717) is 23.3 Å². The van der Waals surface area contributed by atoms with E-state index in [-0.39, 0.29) is 27.1 Å². The van der Waals surface area contributed by atoms with Crippen molar-refractivity contribution >= 4 is 42.8 Å². The normalized spacial score (nSPS) is 17.6. The van der Waals surface area contributed by atoms with Crippen LogP contribution in [0.25, 0.3) is 68.8 Å². The summed E-state index contributed by atoms with van der Waals surface area (Å²) in [5.41, 5.74) is 46.0. The number of aryl methyl sites for hydroxylation is 2. The van der Waals surface area contributed by atoms with E-state index < -0.39 is 7.38 Å². The molecule has 8 aromatic carbocycles. The van der Waals surface area contributed by atoms with Gasteiger partial charge < -0.3 is 4.74 Å². The zero-order valence-electron chi connectivity index (χ0n) is 66.6. The van der Waals surface area contributed by atoms with Gasteiger partial charge >= 0.3 is 0 Å². The van der Waals surface area contributed by atoms with E-state index in [1.54, 1.807) is 34.9 Å². The van der Waals surface area contributed by atoms with Crippen LogP contribution in [-0.4, -0.2) is 14.5 Å². The van der Waals surface area contributed by atoms with E-state index in [0.717, 1.165) is 18.6 Å². The molecule has 0 fully saturated rings. The minimum Gasteiger partial charge on any atom is -0.496 e. The van der Waals surface area contributed by atoms with Crippen molar-refractivity contribution in [2.24, 2.45) is 0 Å². The molecule has 3 heteroatoms. The van der Waals surface area contributed by atoms with Crippen molar-refractivity contribution in [1.82, 2.24) is 0 Å². The monoisotopic (exact) mass is 1370 g/mol. The van der Waals surface area contributed by atoms with E-state index in [1.165, 1.54) is 183 Å². The van der Waals surface area contributed by atoms with Crippen LogP contribution < -0.4 is 4.74 Å². The van der Waals surface area contributed by atoms with Gasteiger partial charge in [-0.15, -0.1) is 0 Å². The first-order chi connectivity index (χ1) is 47.2. The molecule has 0 heterocycles. The lowest BCUT2D eigenvalue weighted by molar-refractivity contribution is 0.399. The first kappa shape index (κ1) is 73.8. The smallest absolute Gasteiger partial charge is 0.161 e. The molecule has 0 N–H and O–H groups in total. The largest absolute Gasteiger partial charge is 0.496 e. The summed E-state index contributed by atoms with van der Waals surface area (Å²) in [6.07, 6.45) is 19.4. The molecule has 0 spiro atoms. The van der Waals surface area contributed by atoms with Crippen molar-refractivity contribution in [3.63, 3.8) is 0 Å². The Labute approximate surface area is 617 Å². The van der Waals surface area contributed by atoms with Crippen LogP contribution in [0.4, 0.5) is 0 Å². The predicted molar refractivity (Wildman–Crippen MR) is 445 cm³/mol. The van der Waals surface area contributed by atoms with E-state index in [1.807, 2.05) is 0 Å². The van der Waals surface area contributed by atoms with Crippen LogP contribution in [0.3, 0.4) is 0 Å². The Morgan fingerprint density at radius 2 is 0.812 bits per heavy atom. The molecule has 528 valence electrons. The van der Waals surface area contributed by atoms with Crippen LogP contribution in [0.15, 0.2) is 144 Å². The standard InChI is InChI=1S/C48H56.C25H31ClSi.C25H32O/c1-28(2)38-26-42-40(29(3)23-43(42)45(31(38)5)32-15-19-35(20-16-32)47(6,7)8)27-39-30(4)24-44-41(39)25-34-13-12-14-37(34)46(44)33-17-21-36(22-18-33)48(9,10)11;1-16-14-21-22(24(16)27(5,6)26)15-18-8-7-9-20(18)23(21)17-10-12-19(13-11-17)25(2,3)4;1-16-13-18-15-21(25(5,6)7)23(26-8)22(20(18)14-16)17-9-11-19(12-10-17)24(2,3)4/h15-26,28,39-40H,12-14,27H2,1-11H3;10-15,24H,7-9H2,1-6H3;9-13,15H,14H2,1-8H3. The Balaban J connectivity index is 0.000000155. The zero-order valence-corrected chi connectivity index (χ0v) is 68.4. The van der Waals surface area contributed by atoms with Gasteiger partial charge in [-0.2, -0.15) is 11.1 Å². The second-order valence-corrected chi connectivity index (χ2v) is 43.9. The maximum absolute atomic E-state index is 6.98. The Hall–Kier alpha value is -6.97. The van der Waals surface area contributed by atoms with E-state index in [2.05, 4.69) is 311 Å². The van der Waals surface area contributed by atoms with Crippen LogP contribution in [0.5, 0.6) is 5.75 Å². The lowest BCUT2D eigenvalue weighted by atomic mass is 9.78. The maximum atomic E-state index is 6.98. The summed E-state index contributed by atoms with van der Waals surface area (Å²) in [6.45, 7) is 55.2. The number of methoxy groups -OCH3 is 1. The minimum absolute atomic E-state index is 0.0325. The molecule has 0 bridgehead atoms. The molecule has 0 radical (unpaired) electrons. The average molecular weight is 1380 g/mol. The highest BCUT2D eigenvalue weighted by Gasteiger charge is 2.41. The highest BCUT2D eigenvalue weighted by Crippen LogP contribution is 2.55. The quantitative estimate of drug-likeness (QED) is 0.103. The minimum atomic E-state index is -1.82. The fourth-order valence-corrected chi connectivity index (χ4v) is 21.1.